The molecule has 1 aromatic carbocycles. The first-order chi connectivity index (χ1) is 14.8. The van der Waals surface area contributed by atoms with Gasteiger partial charge < -0.3 is 4.74 Å². The monoisotopic (exact) mass is 520 g/mol. The summed E-state index contributed by atoms with van der Waals surface area (Å²) < 4.78 is 43.7. The summed E-state index contributed by atoms with van der Waals surface area (Å²) in [7, 11) is -3.85. The molecular formula is C21H25FO4S5. The fourth-order valence-corrected chi connectivity index (χ4v) is 7.28. The van der Waals surface area contributed by atoms with Crippen LogP contribution >= 0.6 is 46.2 Å². The first-order valence-corrected chi connectivity index (χ1v) is 14.5. The topological polar surface area (TPSA) is 52.6 Å². The second kappa shape index (κ2) is 13.5. The molecule has 0 spiro atoms. The number of hydrogen-bond donors (Lipinski definition) is 0. The van der Waals surface area contributed by atoms with E-state index in [2.05, 4.69) is 46.2 Å². The van der Waals surface area contributed by atoms with E-state index in [0.717, 1.165) is 5.75 Å². The Morgan fingerprint density at radius 2 is 1.68 bits per heavy atom. The van der Waals surface area contributed by atoms with E-state index in [1.54, 1.807) is 23.1 Å². The van der Waals surface area contributed by atoms with Crippen molar-refractivity contribution < 1.29 is 22.1 Å². The summed E-state index contributed by atoms with van der Waals surface area (Å²) in [5.41, 5.74) is 0. The van der Waals surface area contributed by atoms with Crippen molar-refractivity contribution in [2.24, 2.45) is 0 Å². The molecule has 0 saturated heterocycles. The summed E-state index contributed by atoms with van der Waals surface area (Å²) in [4.78, 5) is 1.24. The van der Waals surface area contributed by atoms with Crippen LogP contribution in [-0.4, -0.2) is 20.3 Å². The van der Waals surface area contributed by atoms with Gasteiger partial charge in [-0.3, -0.25) is 0 Å². The number of hydrogen-bond acceptors (Lipinski definition) is 8. The average molecular weight is 521 g/mol. The molecule has 3 aromatic rings. The van der Waals surface area contributed by atoms with E-state index < -0.39 is 10.1 Å². The van der Waals surface area contributed by atoms with Gasteiger partial charge >= 0.3 is 0 Å². The second-order valence-electron chi connectivity index (χ2n) is 6.53. The van der Waals surface area contributed by atoms with Gasteiger partial charge in [-0.1, -0.05) is 47.3 Å². The fraction of sp³-hybridized carbons (Fsp3) is 0.333. The van der Waals surface area contributed by atoms with Crippen molar-refractivity contribution in [3.05, 3.63) is 53.9 Å². The van der Waals surface area contributed by atoms with Crippen molar-refractivity contribution in [2.45, 2.75) is 57.2 Å². The third-order valence-electron chi connectivity index (χ3n) is 3.51. The van der Waals surface area contributed by atoms with Crippen LogP contribution in [0.15, 0.2) is 71.4 Å². The lowest BCUT2D eigenvalue weighted by atomic mass is 10.3. The minimum Gasteiger partial charge on any atom is -0.491 e. The number of halogens is 1. The Kier molecular flexibility index (Phi) is 11.4. The summed E-state index contributed by atoms with van der Waals surface area (Å²) in [5.74, 6) is 0.694. The van der Waals surface area contributed by atoms with Gasteiger partial charge in [-0.2, -0.15) is 8.42 Å². The lowest BCUT2D eigenvalue weighted by molar-refractivity contribution is 0.00290. The molecule has 0 N–H and O–H groups in total. The SMILES string of the molecule is CC(C)Oc1ccc(Sc2ccc(Sc3cccs3)s2)cc1.CCCCS(=O)(=O)OF. The molecule has 0 amide bonds. The Labute approximate surface area is 200 Å². The molecule has 2 heterocycles. The molecule has 0 aliphatic carbocycles. The predicted molar refractivity (Wildman–Crippen MR) is 130 cm³/mol. The maximum atomic E-state index is 11.0. The van der Waals surface area contributed by atoms with Gasteiger partial charge in [0.1, 0.15) is 5.75 Å². The normalized spacial score (nSPS) is 11.3. The minimum atomic E-state index is -3.85. The summed E-state index contributed by atoms with van der Waals surface area (Å²) in [6, 6.07) is 17.0. The molecule has 170 valence electrons. The van der Waals surface area contributed by atoms with Crippen LogP contribution in [0.25, 0.3) is 0 Å². The Hall–Kier alpha value is -1.04. The lowest BCUT2D eigenvalue weighted by Crippen LogP contribution is -2.04. The third-order valence-corrected chi connectivity index (χ3v) is 8.89. The summed E-state index contributed by atoms with van der Waals surface area (Å²) in [6.45, 7) is 5.90. The second-order valence-corrected chi connectivity index (χ2v) is 13.2. The molecule has 0 atom stereocenters. The zero-order valence-corrected chi connectivity index (χ0v) is 21.5. The smallest absolute Gasteiger partial charge is 0.297 e. The predicted octanol–water partition coefficient (Wildman–Crippen LogP) is 7.92. The summed E-state index contributed by atoms with van der Waals surface area (Å²) >= 11 is 7.27. The number of ether oxygens (including phenoxy) is 1. The zero-order valence-electron chi connectivity index (χ0n) is 17.4. The van der Waals surface area contributed by atoms with Crippen molar-refractivity contribution in [1.29, 1.82) is 0 Å². The van der Waals surface area contributed by atoms with Crippen LogP contribution in [0.5, 0.6) is 5.75 Å². The molecule has 31 heavy (non-hydrogen) atoms. The first-order valence-electron chi connectivity index (χ1n) is 9.60. The summed E-state index contributed by atoms with van der Waals surface area (Å²) in [6.07, 6.45) is 1.36. The highest BCUT2D eigenvalue weighted by Crippen LogP contribution is 2.41. The van der Waals surface area contributed by atoms with Crippen molar-refractivity contribution in [3.63, 3.8) is 0 Å². The maximum Gasteiger partial charge on any atom is 0.297 e. The van der Waals surface area contributed by atoms with Gasteiger partial charge in [0.15, 0.2) is 0 Å². The van der Waals surface area contributed by atoms with Crippen molar-refractivity contribution >= 4 is 56.3 Å². The van der Waals surface area contributed by atoms with E-state index in [1.165, 1.54) is 17.5 Å². The van der Waals surface area contributed by atoms with Crippen LogP contribution in [0.2, 0.25) is 0 Å². The van der Waals surface area contributed by atoms with Crippen LogP contribution in [0.4, 0.5) is 4.53 Å². The van der Waals surface area contributed by atoms with Crippen LogP contribution in [0.3, 0.4) is 0 Å². The van der Waals surface area contributed by atoms with Crippen molar-refractivity contribution in [2.75, 3.05) is 5.75 Å². The molecular weight excluding hydrogens is 496 g/mol. The number of rotatable bonds is 10. The zero-order chi connectivity index (χ0) is 22.7. The Balaban J connectivity index is 0.000000323. The molecule has 4 nitrogen and oxygen atoms in total. The minimum absolute atomic E-state index is 0.215. The quantitative estimate of drug-likeness (QED) is 0.271. The van der Waals surface area contributed by atoms with E-state index in [1.807, 2.05) is 56.0 Å². The highest BCUT2D eigenvalue weighted by molar-refractivity contribution is 8.04. The Morgan fingerprint density at radius 3 is 2.23 bits per heavy atom. The molecule has 0 saturated carbocycles. The van der Waals surface area contributed by atoms with E-state index in [-0.39, 0.29) is 11.9 Å². The van der Waals surface area contributed by atoms with Gasteiger partial charge in [0.05, 0.1) is 24.5 Å². The number of unbranched alkanes of at least 4 members (excludes halogenated alkanes) is 1. The van der Waals surface area contributed by atoms with Gasteiger partial charge in [-0.15, -0.1) is 22.7 Å². The van der Waals surface area contributed by atoms with Crippen molar-refractivity contribution in [1.82, 2.24) is 0 Å². The molecule has 10 heteroatoms. The van der Waals surface area contributed by atoms with Crippen LogP contribution in [0.1, 0.15) is 33.6 Å². The number of benzene rings is 1. The third kappa shape index (κ3) is 10.4. The molecule has 3 rings (SSSR count). The van der Waals surface area contributed by atoms with Gasteiger partial charge in [-0.05, 0) is 72.6 Å². The molecule has 2 aromatic heterocycles. The van der Waals surface area contributed by atoms with Crippen LogP contribution in [-0.2, 0) is 14.5 Å². The first kappa shape index (κ1) is 26.2. The van der Waals surface area contributed by atoms with Gasteiger partial charge in [0.25, 0.3) is 10.1 Å². The maximum absolute atomic E-state index is 11.0. The largest absolute Gasteiger partial charge is 0.491 e. The molecule has 0 fully saturated rings. The van der Waals surface area contributed by atoms with E-state index >= 15 is 0 Å². The van der Waals surface area contributed by atoms with Crippen LogP contribution in [0, 0.1) is 0 Å². The highest BCUT2D eigenvalue weighted by Gasteiger charge is 2.09. The lowest BCUT2D eigenvalue weighted by Gasteiger charge is -2.09. The molecule has 0 radical (unpaired) electrons. The summed E-state index contributed by atoms with van der Waals surface area (Å²) in [5, 5.41) is 2.12. The molecule has 0 aliphatic rings. The fourth-order valence-electron chi connectivity index (χ4n) is 2.16. The highest BCUT2D eigenvalue weighted by atomic mass is 32.2. The molecule has 0 bridgehead atoms. The standard InChI is InChI=1S/C17H16OS4.C4H9FO3S/c1-12(2)18-13-5-7-14(8-6-13)20-16-9-10-17(22-16)21-15-4-3-11-19-15;1-2-3-4-9(6,7)8-5/h3-12H,1-2H3;2-4H2,1H3. The number of thiophene rings is 2. The van der Waals surface area contributed by atoms with Crippen LogP contribution < -0.4 is 4.74 Å². The van der Waals surface area contributed by atoms with E-state index in [0.29, 0.717) is 12.8 Å². The Morgan fingerprint density at radius 1 is 1.00 bits per heavy atom. The van der Waals surface area contributed by atoms with Crippen molar-refractivity contribution in [3.8, 4) is 5.75 Å². The molecule has 0 aliphatic heterocycles. The van der Waals surface area contributed by atoms with Gasteiger partial charge in [0, 0.05) is 4.90 Å². The Bertz CT molecular complexity index is 983. The van der Waals surface area contributed by atoms with Gasteiger partial charge in [0.2, 0.25) is 0 Å². The molecule has 0 unspecified atom stereocenters. The van der Waals surface area contributed by atoms with Gasteiger partial charge in [-0.25, -0.2) is 0 Å². The van der Waals surface area contributed by atoms with E-state index in [9.17, 15) is 12.9 Å². The average Bonchev–Trinajstić information content (AvgIpc) is 3.41. The van der Waals surface area contributed by atoms with E-state index in [4.69, 9.17) is 4.74 Å².